The second-order valence-corrected chi connectivity index (χ2v) is 21.8. The summed E-state index contributed by atoms with van der Waals surface area (Å²) < 4.78 is 6.65. The van der Waals surface area contributed by atoms with E-state index in [1.807, 2.05) is 42.5 Å². The highest BCUT2D eigenvalue weighted by atomic mass is 16.5. The summed E-state index contributed by atoms with van der Waals surface area (Å²) in [5.41, 5.74) is 24.5. The first kappa shape index (κ1) is 46.2. The molecule has 0 amide bonds. The number of benzene rings is 11. The second kappa shape index (κ2) is 18.2. The van der Waals surface area contributed by atoms with Gasteiger partial charge in [0.15, 0.2) is 23.3 Å². The van der Waals surface area contributed by atoms with Crippen molar-refractivity contribution in [3.8, 4) is 102 Å². The minimum Gasteiger partial charge on any atom is -0.457 e. The average Bonchev–Trinajstić information content (AvgIpc) is 1.71. The number of hydrogen-bond donors (Lipinski definition) is 0. The molecular weight excluding hydrogens is 999 g/mol. The zero-order valence-corrected chi connectivity index (χ0v) is 44.3. The van der Waals surface area contributed by atoms with Crippen molar-refractivity contribution in [2.75, 3.05) is 0 Å². The highest BCUT2D eigenvalue weighted by Gasteiger charge is 2.51. The molecule has 11 aromatic carbocycles. The highest BCUT2D eigenvalue weighted by molar-refractivity contribution is 5.91. The Labute approximate surface area is 474 Å². The largest absolute Gasteiger partial charge is 0.457 e. The van der Waals surface area contributed by atoms with E-state index in [9.17, 15) is 0 Å². The molecule has 13 aromatic rings. The van der Waals surface area contributed by atoms with Gasteiger partial charge in [-0.2, -0.15) is 0 Å². The molecule has 0 radical (unpaired) electrons. The summed E-state index contributed by atoms with van der Waals surface area (Å²) in [6.07, 6.45) is 0. The zero-order chi connectivity index (χ0) is 53.9. The topological polar surface area (TPSA) is 73.7 Å². The van der Waals surface area contributed by atoms with Gasteiger partial charge in [0.05, 0.1) is 16.8 Å². The zero-order valence-electron chi connectivity index (χ0n) is 44.3. The Kier molecular flexibility index (Phi) is 10.3. The molecule has 2 atom stereocenters. The van der Waals surface area contributed by atoms with Gasteiger partial charge < -0.3 is 4.74 Å². The summed E-state index contributed by atoms with van der Waals surface area (Å²) in [6.45, 7) is 0. The Morgan fingerprint density at radius 2 is 0.646 bits per heavy atom. The molecule has 382 valence electrons. The number of ether oxygens (including phenoxy) is 1. The van der Waals surface area contributed by atoms with E-state index >= 15 is 0 Å². The summed E-state index contributed by atoms with van der Waals surface area (Å²) in [6, 6.07) is 97.5. The van der Waals surface area contributed by atoms with Crippen molar-refractivity contribution < 1.29 is 4.74 Å². The summed E-state index contributed by atoms with van der Waals surface area (Å²) in [7, 11) is 0. The van der Waals surface area contributed by atoms with Gasteiger partial charge in [0.1, 0.15) is 11.5 Å². The molecule has 3 heterocycles. The Balaban J connectivity index is 0.773. The van der Waals surface area contributed by atoms with E-state index in [4.69, 9.17) is 29.7 Å². The molecule has 2 unspecified atom stereocenters. The molecule has 0 saturated carbocycles. The lowest BCUT2D eigenvalue weighted by Gasteiger charge is -2.42. The minimum atomic E-state index is -0.561. The van der Waals surface area contributed by atoms with Crippen molar-refractivity contribution in [1.29, 1.82) is 0 Å². The van der Waals surface area contributed by atoms with Crippen molar-refractivity contribution >= 4 is 0 Å². The summed E-state index contributed by atoms with van der Waals surface area (Å²) in [5, 5.41) is 0. The quantitative estimate of drug-likeness (QED) is 0.158. The number of nitrogens with zero attached hydrogens (tertiary/aromatic N) is 5. The van der Waals surface area contributed by atoms with Crippen molar-refractivity contribution in [3.63, 3.8) is 0 Å². The van der Waals surface area contributed by atoms with Crippen molar-refractivity contribution in [1.82, 2.24) is 24.9 Å². The molecule has 18 rings (SSSR count). The van der Waals surface area contributed by atoms with Gasteiger partial charge in [-0.3, -0.25) is 0 Å². The summed E-state index contributed by atoms with van der Waals surface area (Å²) in [5.74, 6) is 4.44. The third-order valence-corrected chi connectivity index (χ3v) is 17.4. The van der Waals surface area contributed by atoms with E-state index in [-0.39, 0.29) is 11.8 Å². The van der Waals surface area contributed by atoms with Crippen LogP contribution in [0, 0.1) is 0 Å². The Bertz CT molecular complexity index is 4640. The maximum Gasteiger partial charge on any atom is 0.164 e. The first-order valence-electron chi connectivity index (χ1n) is 28.0. The van der Waals surface area contributed by atoms with Crippen LogP contribution in [0.5, 0.6) is 11.5 Å². The fraction of sp³-hybridized carbons (Fsp3) is 0.0395. The van der Waals surface area contributed by atoms with E-state index in [2.05, 4.69) is 231 Å². The number of para-hydroxylation sites is 2. The van der Waals surface area contributed by atoms with Crippen LogP contribution in [0.25, 0.3) is 90.3 Å². The molecule has 82 heavy (non-hydrogen) atoms. The lowest BCUT2D eigenvalue weighted by molar-refractivity contribution is 0.436. The molecule has 1 aliphatic heterocycles. The molecule has 0 N–H and O–H groups in total. The maximum absolute atomic E-state index is 6.65. The Hall–Kier alpha value is -10.7. The minimum absolute atomic E-state index is 0.0204. The van der Waals surface area contributed by atoms with Crippen molar-refractivity contribution in [3.05, 3.63) is 329 Å². The van der Waals surface area contributed by atoms with Gasteiger partial charge in [0, 0.05) is 56.3 Å². The first-order valence-corrected chi connectivity index (χ1v) is 28.0. The normalized spacial score (nSPS) is 15.0. The van der Waals surface area contributed by atoms with E-state index in [1.165, 1.54) is 55.6 Å². The smallest absolute Gasteiger partial charge is 0.164 e. The number of hydrogen-bond acceptors (Lipinski definition) is 6. The third-order valence-electron chi connectivity index (χ3n) is 17.4. The molecule has 2 aromatic heterocycles. The number of fused-ring (bicyclic) bond motifs is 9. The Morgan fingerprint density at radius 1 is 0.244 bits per heavy atom. The molecule has 2 bridgehead atoms. The van der Waals surface area contributed by atoms with Gasteiger partial charge in [0.25, 0.3) is 0 Å². The van der Waals surface area contributed by atoms with Crippen molar-refractivity contribution in [2.24, 2.45) is 0 Å². The predicted molar refractivity (Wildman–Crippen MR) is 326 cm³/mol. The average molecular weight is 1050 g/mol. The van der Waals surface area contributed by atoms with E-state index < -0.39 is 5.41 Å². The van der Waals surface area contributed by atoms with Crippen LogP contribution in [0.2, 0.25) is 0 Å². The lowest BCUT2D eigenvalue weighted by atomic mass is 9.60. The molecule has 0 saturated heterocycles. The fourth-order valence-corrected chi connectivity index (χ4v) is 13.8. The van der Waals surface area contributed by atoms with Gasteiger partial charge in [0.2, 0.25) is 0 Å². The van der Waals surface area contributed by atoms with E-state index in [0.717, 1.165) is 78.5 Å². The van der Waals surface area contributed by atoms with Crippen LogP contribution >= 0.6 is 0 Å². The molecule has 5 aliphatic rings. The van der Waals surface area contributed by atoms with Gasteiger partial charge in [-0.15, -0.1) is 0 Å². The van der Waals surface area contributed by atoms with Gasteiger partial charge in [-0.05, 0) is 109 Å². The van der Waals surface area contributed by atoms with Crippen LogP contribution in [-0.2, 0) is 5.41 Å². The first-order chi connectivity index (χ1) is 40.6. The SMILES string of the molecule is c1ccc(-c2nc(-c3cccc(-c4ccc5c(c4)C4(c6ccccc6Oc6ccccc64)c4ccccc4-5)c3)cc(-c3ccc4c(c3)C3c5ccccc5C4c4cc(-c5nc(-c6ccccc6)nc(-c6ccccc6)n5)ccc43)n2)cc1. The fourth-order valence-electron chi connectivity index (χ4n) is 13.8. The van der Waals surface area contributed by atoms with Crippen LogP contribution < -0.4 is 4.74 Å². The van der Waals surface area contributed by atoms with Crippen LogP contribution in [0.15, 0.2) is 273 Å². The lowest BCUT2D eigenvalue weighted by Crippen LogP contribution is -2.32. The van der Waals surface area contributed by atoms with E-state index in [1.54, 1.807) is 0 Å². The van der Waals surface area contributed by atoms with E-state index in [0.29, 0.717) is 23.3 Å². The molecule has 4 aliphatic carbocycles. The van der Waals surface area contributed by atoms with Crippen LogP contribution in [0.3, 0.4) is 0 Å². The van der Waals surface area contributed by atoms with Crippen LogP contribution in [-0.4, -0.2) is 24.9 Å². The molecule has 6 heteroatoms. The van der Waals surface area contributed by atoms with Gasteiger partial charge >= 0.3 is 0 Å². The molecule has 1 spiro atoms. The predicted octanol–water partition coefficient (Wildman–Crippen LogP) is 17.8. The summed E-state index contributed by atoms with van der Waals surface area (Å²) >= 11 is 0. The Morgan fingerprint density at radius 3 is 1.24 bits per heavy atom. The summed E-state index contributed by atoms with van der Waals surface area (Å²) in [4.78, 5) is 26.0. The van der Waals surface area contributed by atoms with Crippen molar-refractivity contribution in [2.45, 2.75) is 17.3 Å². The molecule has 6 nitrogen and oxygen atoms in total. The van der Waals surface area contributed by atoms with Crippen LogP contribution in [0.4, 0.5) is 0 Å². The van der Waals surface area contributed by atoms with Crippen LogP contribution in [0.1, 0.15) is 67.5 Å². The number of rotatable bonds is 7. The maximum atomic E-state index is 6.65. The van der Waals surface area contributed by atoms with Gasteiger partial charge in [-0.1, -0.05) is 231 Å². The third kappa shape index (κ3) is 7.04. The molecular formula is C76H47N5O. The number of aromatic nitrogens is 5. The van der Waals surface area contributed by atoms with Gasteiger partial charge in [-0.25, -0.2) is 24.9 Å². The highest BCUT2D eigenvalue weighted by Crippen LogP contribution is 2.63. The monoisotopic (exact) mass is 1050 g/mol. The second-order valence-electron chi connectivity index (χ2n) is 21.8. The standard InChI is InChI=1S/C76H47N5O/c1-4-19-46(20-5-1)72-77-66(51-26-18-25-49(41-51)50-35-38-55-54-27-12-13-30-62(54)76(65(55)44-50)63-31-14-16-33-68(63)82-69-34-17-15-32-64(69)76)45-67(78-72)52-36-39-58-60(42-52)70-56-28-10-11-29-57(56)71(58)61-43-53(37-40-59(61)70)75-80-73(47-21-6-2-7-22-47)79-74(81-75)48-23-8-3-9-24-48/h1-45,70-71H. The molecule has 0 fully saturated rings.